The Kier molecular flexibility index (Phi) is 4.94. The first-order valence-electron chi connectivity index (χ1n) is 6.08. The van der Waals surface area contributed by atoms with Gasteiger partial charge in [-0.25, -0.2) is 13.1 Å². The molecule has 0 bridgehead atoms. The summed E-state index contributed by atoms with van der Waals surface area (Å²) in [5.74, 6) is -1.05. The fraction of sp³-hybridized carbons (Fsp3) is 0.909. The number of nitrogens with one attached hydrogen (secondary N) is 1. The zero-order chi connectivity index (χ0) is 12.9. The van der Waals surface area contributed by atoms with Crippen LogP contribution in [0, 0.1) is 5.41 Å². The van der Waals surface area contributed by atoms with Crippen molar-refractivity contribution in [3.8, 4) is 0 Å². The third-order valence-corrected chi connectivity index (χ3v) is 4.62. The van der Waals surface area contributed by atoms with Crippen molar-refractivity contribution in [2.24, 2.45) is 5.41 Å². The number of hydrogen-bond acceptors (Lipinski definition) is 3. The largest absolute Gasteiger partial charge is 0.481 e. The maximum Gasteiger partial charge on any atom is 0.303 e. The molecule has 0 radical (unpaired) electrons. The summed E-state index contributed by atoms with van der Waals surface area (Å²) < 4.78 is 25.8. The number of aliphatic carboxylic acids is 1. The predicted molar refractivity (Wildman–Crippen MR) is 65.2 cm³/mol. The normalized spacial score (nSPS) is 17.9. The minimum Gasteiger partial charge on any atom is -0.481 e. The van der Waals surface area contributed by atoms with Gasteiger partial charge in [-0.1, -0.05) is 13.3 Å². The van der Waals surface area contributed by atoms with Gasteiger partial charge >= 0.3 is 5.97 Å². The van der Waals surface area contributed by atoms with Crippen molar-refractivity contribution in [1.82, 2.24) is 4.72 Å². The lowest BCUT2D eigenvalue weighted by Crippen LogP contribution is -2.32. The summed E-state index contributed by atoms with van der Waals surface area (Å²) in [4.78, 5) is 10.3. The van der Waals surface area contributed by atoms with Gasteiger partial charge < -0.3 is 5.11 Å². The summed E-state index contributed by atoms with van der Waals surface area (Å²) in [6.45, 7) is 2.61. The first-order valence-corrected chi connectivity index (χ1v) is 7.73. The number of carbonyl (C=O) groups is 1. The standard InChI is InChI=1S/C11H21NO4S/c1-2-5-11(6-7-11)9-12-17(15,16)8-3-4-10(13)14/h12H,2-9H2,1H3,(H,13,14). The molecule has 0 aromatic carbocycles. The predicted octanol–water partition coefficient (Wildman–Crippen LogP) is 1.35. The summed E-state index contributed by atoms with van der Waals surface area (Å²) in [5.41, 5.74) is 0.189. The van der Waals surface area contributed by atoms with E-state index in [9.17, 15) is 13.2 Å². The summed E-state index contributed by atoms with van der Waals surface area (Å²) in [6.07, 6.45) is 4.40. The van der Waals surface area contributed by atoms with E-state index in [0.717, 1.165) is 25.7 Å². The van der Waals surface area contributed by atoms with E-state index < -0.39 is 16.0 Å². The molecular formula is C11H21NO4S. The van der Waals surface area contributed by atoms with Crippen LogP contribution in [-0.4, -0.2) is 31.8 Å². The van der Waals surface area contributed by atoms with Crippen molar-refractivity contribution >= 4 is 16.0 Å². The summed E-state index contributed by atoms with van der Waals surface area (Å²) in [7, 11) is -3.30. The Morgan fingerprint density at radius 3 is 2.53 bits per heavy atom. The van der Waals surface area contributed by atoms with E-state index in [-0.39, 0.29) is 24.0 Å². The second-order valence-corrected chi connectivity index (χ2v) is 6.81. The summed E-state index contributed by atoms with van der Waals surface area (Å²) >= 11 is 0. The third-order valence-electron chi connectivity index (χ3n) is 3.21. The number of rotatable bonds is 9. The second-order valence-electron chi connectivity index (χ2n) is 4.89. The van der Waals surface area contributed by atoms with Crippen LogP contribution in [0.2, 0.25) is 0 Å². The lowest BCUT2D eigenvalue weighted by Gasteiger charge is -2.14. The molecule has 0 saturated heterocycles. The van der Waals surface area contributed by atoms with Gasteiger partial charge in [0.1, 0.15) is 0 Å². The number of sulfonamides is 1. The molecule has 6 heteroatoms. The molecule has 1 aliphatic rings. The first kappa shape index (κ1) is 14.4. The van der Waals surface area contributed by atoms with E-state index in [1.807, 2.05) is 0 Å². The maximum atomic E-state index is 11.6. The van der Waals surface area contributed by atoms with Crippen LogP contribution in [0.25, 0.3) is 0 Å². The van der Waals surface area contributed by atoms with Crippen LogP contribution in [0.4, 0.5) is 0 Å². The molecule has 1 saturated carbocycles. The Morgan fingerprint density at radius 1 is 1.41 bits per heavy atom. The smallest absolute Gasteiger partial charge is 0.303 e. The highest BCUT2D eigenvalue weighted by Gasteiger charge is 2.41. The van der Waals surface area contributed by atoms with E-state index in [2.05, 4.69) is 11.6 Å². The molecule has 100 valence electrons. The van der Waals surface area contributed by atoms with Gasteiger partial charge in [-0.2, -0.15) is 0 Å². The molecule has 0 heterocycles. The molecule has 0 unspecified atom stereocenters. The van der Waals surface area contributed by atoms with Gasteiger partial charge in [0.05, 0.1) is 5.75 Å². The Balaban J connectivity index is 2.27. The molecule has 0 amide bonds. The topological polar surface area (TPSA) is 83.5 Å². The molecule has 0 aliphatic heterocycles. The van der Waals surface area contributed by atoms with Gasteiger partial charge in [0.2, 0.25) is 10.0 Å². The van der Waals surface area contributed by atoms with Crippen LogP contribution in [0.1, 0.15) is 45.4 Å². The minimum absolute atomic E-state index is 0.0957. The maximum absolute atomic E-state index is 11.6. The van der Waals surface area contributed by atoms with Crippen molar-refractivity contribution in [2.45, 2.75) is 45.4 Å². The molecule has 1 fully saturated rings. The van der Waals surface area contributed by atoms with E-state index >= 15 is 0 Å². The number of carboxylic acids is 1. The van der Waals surface area contributed by atoms with E-state index in [1.165, 1.54) is 0 Å². The van der Waals surface area contributed by atoms with Crippen LogP contribution >= 0.6 is 0 Å². The van der Waals surface area contributed by atoms with E-state index in [4.69, 9.17) is 5.11 Å². The van der Waals surface area contributed by atoms with Gasteiger partial charge in [0.25, 0.3) is 0 Å². The Morgan fingerprint density at radius 2 is 2.06 bits per heavy atom. The quantitative estimate of drug-likeness (QED) is 0.657. The molecule has 1 rings (SSSR count). The highest BCUT2D eigenvalue weighted by atomic mass is 32.2. The Labute approximate surface area is 103 Å². The van der Waals surface area contributed by atoms with Crippen molar-refractivity contribution < 1.29 is 18.3 Å². The van der Waals surface area contributed by atoms with Gasteiger partial charge in [-0.3, -0.25) is 4.79 Å². The van der Waals surface area contributed by atoms with Gasteiger partial charge in [-0.05, 0) is 31.1 Å². The van der Waals surface area contributed by atoms with Crippen molar-refractivity contribution in [3.05, 3.63) is 0 Å². The molecule has 0 aromatic rings. The fourth-order valence-electron chi connectivity index (χ4n) is 1.97. The molecule has 0 aromatic heterocycles. The fourth-order valence-corrected chi connectivity index (χ4v) is 3.17. The van der Waals surface area contributed by atoms with E-state index in [1.54, 1.807) is 0 Å². The molecule has 17 heavy (non-hydrogen) atoms. The molecule has 1 aliphatic carbocycles. The molecule has 0 atom stereocenters. The summed E-state index contributed by atoms with van der Waals surface area (Å²) in [6, 6.07) is 0. The van der Waals surface area contributed by atoms with Crippen LogP contribution in [-0.2, 0) is 14.8 Å². The zero-order valence-corrected chi connectivity index (χ0v) is 11.1. The average Bonchev–Trinajstić information content (AvgIpc) is 2.96. The SMILES string of the molecule is CCCC1(CNS(=O)(=O)CCCC(=O)O)CC1. The molecule has 5 nitrogen and oxygen atoms in total. The molecule has 2 N–H and O–H groups in total. The van der Waals surface area contributed by atoms with E-state index in [0.29, 0.717) is 6.54 Å². The van der Waals surface area contributed by atoms with Crippen LogP contribution in [0.15, 0.2) is 0 Å². The average molecular weight is 263 g/mol. The third kappa shape index (κ3) is 5.50. The van der Waals surface area contributed by atoms with Crippen LogP contribution in [0.3, 0.4) is 0 Å². The zero-order valence-electron chi connectivity index (χ0n) is 10.2. The number of hydrogen-bond donors (Lipinski definition) is 2. The highest BCUT2D eigenvalue weighted by molar-refractivity contribution is 7.89. The van der Waals surface area contributed by atoms with Gasteiger partial charge in [0, 0.05) is 13.0 Å². The first-order chi connectivity index (χ1) is 7.89. The van der Waals surface area contributed by atoms with Crippen LogP contribution in [0.5, 0.6) is 0 Å². The monoisotopic (exact) mass is 263 g/mol. The highest BCUT2D eigenvalue weighted by Crippen LogP contribution is 2.49. The van der Waals surface area contributed by atoms with Crippen molar-refractivity contribution in [1.29, 1.82) is 0 Å². The van der Waals surface area contributed by atoms with Gasteiger partial charge in [0.15, 0.2) is 0 Å². The Bertz CT molecular complexity index is 360. The minimum atomic E-state index is -3.30. The Hall–Kier alpha value is -0.620. The van der Waals surface area contributed by atoms with Crippen molar-refractivity contribution in [3.63, 3.8) is 0 Å². The second kappa shape index (κ2) is 5.82. The lowest BCUT2D eigenvalue weighted by molar-refractivity contribution is -0.137. The van der Waals surface area contributed by atoms with Crippen LogP contribution < -0.4 is 4.72 Å². The van der Waals surface area contributed by atoms with Crippen molar-refractivity contribution in [2.75, 3.05) is 12.3 Å². The molecular weight excluding hydrogens is 242 g/mol. The molecule has 0 spiro atoms. The lowest BCUT2D eigenvalue weighted by atomic mass is 10.0. The number of carboxylic acid groups (broad SMARTS) is 1. The summed E-state index contributed by atoms with van der Waals surface area (Å²) in [5, 5.41) is 8.43. The van der Waals surface area contributed by atoms with Gasteiger partial charge in [-0.15, -0.1) is 0 Å².